The summed E-state index contributed by atoms with van der Waals surface area (Å²) in [5, 5.41) is 2.92. The van der Waals surface area contributed by atoms with Gasteiger partial charge in [0.2, 0.25) is 5.91 Å². The molecule has 4 heteroatoms. The molecule has 0 fully saturated rings. The maximum atomic E-state index is 10.5. The average Bonchev–Trinajstić information content (AvgIpc) is 2.18. The van der Waals surface area contributed by atoms with Gasteiger partial charge in [-0.15, -0.1) is 0 Å². The monoisotopic (exact) mass is 194 g/mol. The summed E-state index contributed by atoms with van der Waals surface area (Å²) in [6.45, 7) is 0.755. The Labute approximate surface area is 83.1 Å². The summed E-state index contributed by atoms with van der Waals surface area (Å²) in [5.41, 5.74) is 6.00. The van der Waals surface area contributed by atoms with Crippen LogP contribution in [0.2, 0.25) is 0 Å². The van der Waals surface area contributed by atoms with Gasteiger partial charge in [-0.3, -0.25) is 4.79 Å². The Bertz CT molecular complexity index is 313. The minimum atomic E-state index is -0.361. The van der Waals surface area contributed by atoms with Gasteiger partial charge in [0.1, 0.15) is 5.75 Å². The highest BCUT2D eigenvalue weighted by atomic mass is 16.5. The zero-order chi connectivity index (χ0) is 10.4. The number of carbonyl (C=O) groups excluding carboxylic acids is 1. The Morgan fingerprint density at radius 2 is 2.21 bits per heavy atom. The lowest BCUT2D eigenvalue weighted by Gasteiger charge is -2.07. The number of methoxy groups -OCH3 is 1. The number of nitrogens with two attached hydrogens (primary N) is 1. The molecule has 14 heavy (non-hydrogen) atoms. The van der Waals surface area contributed by atoms with E-state index in [1.807, 2.05) is 24.3 Å². The van der Waals surface area contributed by atoms with Crippen molar-refractivity contribution in [1.82, 2.24) is 5.32 Å². The lowest BCUT2D eigenvalue weighted by atomic mass is 10.2. The molecule has 0 aliphatic rings. The van der Waals surface area contributed by atoms with Crippen LogP contribution in [-0.2, 0) is 11.3 Å². The highest BCUT2D eigenvalue weighted by molar-refractivity contribution is 5.75. The normalized spacial score (nSPS) is 9.79. The van der Waals surface area contributed by atoms with Crippen molar-refractivity contribution in [2.45, 2.75) is 6.54 Å². The molecule has 0 aliphatic carbocycles. The summed E-state index contributed by atoms with van der Waals surface area (Å²) in [6.07, 6.45) is 0. The molecule has 0 saturated carbocycles. The molecule has 0 heterocycles. The van der Waals surface area contributed by atoms with Gasteiger partial charge in [-0.2, -0.15) is 0 Å². The van der Waals surface area contributed by atoms with E-state index in [1.54, 1.807) is 7.11 Å². The topological polar surface area (TPSA) is 64.3 Å². The molecule has 0 spiro atoms. The van der Waals surface area contributed by atoms with Gasteiger partial charge in [-0.25, -0.2) is 0 Å². The number of amides is 1. The predicted octanol–water partition coefficient (Wildman–Crippen LogP) is 0.270. The van der Waals surface area contributed by atoms with E-state index in [0.717, 1.165) is 11.3 Å². The molecular weight excluding hydrogens is 180 g/mol. The molecule has 0 unspecified atom stereocenters. The third-order valence-corrected chi connectivity index (χ3v) is 1.81. The first-order chi connectivity index (χ1) is 6.74. The maximum Gasteiger partial charge on any atom is 0.231 e. The van der Waals surface area contributed by atoms with Gasteiger partial charge in [-0.05, 0) is 6.07 Å². The van der Waals surface area contributed by atoms with Crippen molar-refractivity contribution < 1.29 is 9.53 Å². The fourth-order valence-electron chi connectivity index (χ4n) is 1.17. The molecule has 4 nitrogen and oxygen atoms in total. The second-order valence-electron chi connectivity index (χ2n) is 2.88. The number of carbonyl (C=O) groups is 1. The minimum Gasteiger partial charge on any atom is -0.496 e. The van der Waals surface area contributed by atoms with Gasteiger partial charge in [0, 0.05) is 12.1 Å². The molecule has 1 aromatic carbocycles. The van der Waals surface area contributed by atoms with Gasteiger partial charge in [0.05, 0.1) is 13.7 Å². The molecule has 3 N–H and O–H groups in total. The zero-order valence-corrected chi connectivity index (χ0v) is 8.12. The van der Waals surface area contributed by atoms with E-state index in [2.05, 4.69) is 5.32 Å². The van der Waals surface area contributed by atoms with E-state index in [4.69, 9.17) is 10.5 Å². The number of para-hydroxylation sites is 1. The fraction of sp³-hybridized carbons (Fsp3) is 0.300. The molecule has 0 aromatic heterocycles. The number of ether oxygens (including phenoxy) is 1. The van der Waals surface area contributed by atoms with Crippen LogP contribution in [0, 0.1) is 0 Å². The van der Waals surface area contributed by atoms with Crippen molar-refractivity contribution in [2.24, 2.45) is 5.73 Å². The summed E-state index contributed by atoms with van der Waals surface area (Å²) >= 11 is 0. The highest BCUT2D eigenvalue weighted by Gasteiger charge is 2.00. The molecule has 76 valence electrons. The standard InChI is InChI=1S/C10H14N2O2/c1-14-9-5-3-2-4-8(9)6-12-7-10(11)13/h2-5,12H,6-7H2,1H3,(H2,11,13). The highest BCUT2D eigenvalue weighted by Crippen LogP contribution is 2.16. The van der Waals surface area contributed by atoms with Crippen molar-refractivity contribution in [2.75, 3.05) is 13.7 Å². The van der Waals surface area contributed by atoms with Gasteiger partial charge >= 0.3 is 0 Å². The van der Waals surface area contributed by atoms with Crippen LogP contribution in [0.25, 0.3) is 0 Å². The predicted molar refractivity (Wildman–Crippen MR) is 53.9 cm³/mol. The van der Waals surface area contributed by atoms with Crippen molar-refractivity contribution in [3.8, 4) is 5.75 Å². The lowest BCUT2D eigenvalue weighted by Crippen LogP contribution is -2.28. The molecule has 1 amide bonds. The Morgan fingerprint density at radius 1 is 1.50 bits per heavy atom. The molecule has 0 bridgehead atoms. The molecule has 0 aliphatic heterocycles. The van der Waals surface area contributed by atoms with Crippen molar-refractivity contribution in [1.29, 1.82) is 0 Å². The van der Waals surface area contributed by atoms with Gasteiger partial charge < -0.3 is 15.8 Å². The Morgan fingerprint density at radius 3 is 2.86 bits per heavy atom. The summed E-state index contributed by atoms with van der Waals surface area (Å²) < 4.78 is 5.15. The Hall–Kier alpha value is -1.55. The first kappa shape index (κ1) is 10.5. The van der Waals surface area contributed by atoms with Crippen LogP contribution in [0.15, 0.2) is 24.3 Å². The van der Waals surface area contributed by atoms with Crippen molar-refractivity contribution in [3.63, 3.8) is 0 Å². The zero-order valence-electron chi connectivity index (χ0n) is 8.12. The van der Waals surface area contributed by atoms with E-state index in [9.17, 15) is 4.79 Å². The van der Waals surface area contributed by atoms with Crippen LogP contribution in [0.1, 0.15) is 5.56 Å². The molecule has 0 saturated heterocycles. The SMILES string of the molecule is COc1ccccc1CNCC(N)=O. The fourth-order valence-corrected chi connectivity index (χ4v) is 1.17. The maximum absolute atomic E-state index is 10.5. The number of hydrogen-bond donors (Lipinski definition) is 2. The lowest BCUT2D eigenvalue weighted by molar-refractivity contribution is -0.117. The number of hydrogen-bond acceptors (Lipinski definition) is 3. The minimum absolute atomic E-state index is 0.179. The van der Waals surface area contributed by atoms with Crippen molar-refractivity contribution >= 4 is 5.91 Å². The average molecular weight is 194 g/mol. The number of benzene rings is 1. The second-order valence-corrected chi connectivity index (χ2v) is 2.88. The van der Waals surface area contributed by atoms with E-state index < -0.39 is 0 Å². The van der Waals surface area contributed by atoms with E-state index in [1.165, 1.54) is 0 Å². The van der Waals surface area contributed by atoms with Crippen LogP contribution in [0.3, 0.4) is 0 Å². The van der Waals surface area contributed by atoms with E-state index in [-0.39, 0.29) is 12.5 Å². The quantitative estimate of drug-likeness (QED) is 0.707. The summed E-state index contributed by atoms with van der Waals surface area (Å²) in [6, 6.07) is 7.63. The number of primary amides is 1. The van der Waals surface area contributed by atoms with Crippen LogP contribution in [0.5, 0.6) is 5.75 Å². The molecule has 1 rings (SSSR count). The molecule has 1 aromatic rings. The first-order valence-corrected chi connectivity index (χ1v) is 4.35. The van der Waals surface area contributed by atoms with E-state index >= 15 is 0 Å². The smallest absolute Gasteiger partial charge is 0.231 e. The van der Waals surface area contributed by atoms with Gasteiger partial charge in [-0.1, -0.05) is 18.2 Å². The van der Waals surface area contributed by atoms with Gasteiger partial charge in [0.25, 0.3) is 0 Å². The Kier molecular flexibility index (Phi) is 3.94. The molecular formula is C10H14N2O2. The van der Waals surface area contributed by atoms with E-state index in [0.29, 0.717) is 6.54 Å². The molecule has 0 atom stereocenters. The summed E-state index contributed by atoms with van der Waals surface area (Å²) in [4.78, 5) is 10.5. The third-order valence-electron chi connectivity index (χ3n) is 1.81. The van der Waals surface area contributed by atoms with Crippen LogP contribution in [-0.4, -0.2) is 19.6 Å². The third kappa shape index (κ3) is 3.06. The van der Waals surface area contributed by atoms with Crippen molar-refractivity contribution in [3.05, 3.63) is 29.8 Å². The van der Waals surface area contributed by atoms with Gasteiger partial charge in [0.15, 0.2) is 0 Å². The van der Waals surface area contributed by atoms with Crippen LogP contribution >= 0.6 is 0 Å². The summed E-state index contributed by atoms with van der Waals surface area (Å²) in [7, 11) is 1.62. The largest absolute Gasteiger partial charge is 0.496 e. The van der Waals surface area contributed by atoms with Crippen LogP contribution in [0.4, 0.5) is 0 Å². The molecule has 0 radical (unpaired) electrons. The summed E-state index contributed by atoms with van der Waals surface area (Å²) in [5.74, 6) is 0.448. The number of rotatable bonds is 5. The first-order valence-electron chi connectivity index (χ1n) is 4.35. The Balaban J connectivity index is 2.53. The second kappa shape index (κ2) is 5.24. The number of nitrogens with one attached hydrogen (secondary N) is 1. The van der Waals surface area contributed by atoms with Crippen LogP contribution < -0.4 is 15.8 Å².